The number of carbonyl (C=O) groups excluding carboxylic acids is 3. The quantitative estimate of drug-likeness (QED) is 0.716. The van der Waals surface area contributed by atoms with Gasteiger partial charge < -0.3 is 10.2 Å². The Morgan fingerprint density at radius 3 is 2.79 bits per heavy atom. The van der Waals surface area contributed by atoms with E-state index >= 15 is 0 Å². The van der Waals surface area contributed by atoms with E-state index in [0.29, 0.717) is 24.6 Å². The zero-order chi connectivity index (χ0) is 19.7. The van der Waals surface area contributed by atoms with Crippen LogP contribution in [0.25, 0.3) is 0 Å². The smallest absolute Gasteiger partial charge is 0.255 e. The van der Waals surface area contributed by atoms with E-state index in [0.717, 1.165) is 38.2 Å². The van der Waals surface area contributed by atoms with Crippen LogP contribution >= 0.6 is 0 Å². The van der Waals surface area contributed by atoms with Gasteiger partial charge in [-0.15, -0.1) is 0 Å². The van der Waals surface area contributed by atoms with Crippen molar-refractivity contribution in [2.75, 3.05) is 19.6 Å². The van der Waals surface area contributed by atoms with Crippen molar-refractivity contribution < 1.29 is 14.4 Å². The van der Waals surface area contributed by atoms with Crippen LogP contribution in [-0.2, 0) is 22.7 Å². The Morgan fingerprint density at radius 2 is 2.07 bits per heavy atom. The van der Waals surface area contributed by atoms with Crippen molar-refractivity contribution in [2.24, 2.45) is 0 Å². The van der Waals surface area contributed by atoms with E-state index in [2.05, 4.69) is 28.5 Å². The van der Waals surface area contributed by atoms with Crippen molar-refractivity contribution in [3.05, 3.63) is 34.9 Å². The monoisotopic (exact) mass is 384 g/mol. The van der Waals surface area contributed by atoms with Gasteiger partial charge in [0.25, 0.3) is 5.91 Å². The van der Waals surface area contributed by atoms with E-state index < -0.39 is 6.04 Å². The van der Waals surface area contributed by atoms with Gasteiger partial charge >= 0.3 is 0 Å². The lowest BCUT2D eigenvalue weighted by Gasteiger charge is -2.29. The summed E-state index contributed by atoms with van der Waals surface area (Å²) in [5.74, 6) is -0.730. The number of nitrogens with one attached hydrogen (secondary N) is 2. The first-order chi connectivity index (χ1) is 13.6. The standard InChI is InChI=1S/C21H28N4O3/c1-2-9-24(16-7-8-22-11-16)12-14-3-4-17-15(10-14)13-25(21(17)28)18-5-6-19(26)23-20(18)27/h3-4,10,16,18,22H,2,5-9,11-13H2,1H3,(H,23,26,27). The van der Waals surface area contributed by atoms with Gasteiger partial charge in [-0.25, -0.2) is 0 Å². The molecular formula is C21H28N4O3. The zero-order valence-electron chi connectivity index (χ0n) is 16.4. The lowest BCUT2D eigenvalue weighted by atomic mass is 10.0. The summed E-state index contributed by atoms with van der Waals surface area (Å²) in [7, 11) is 0. The maximum Gasteiger partial charge on any atom is 0.255 e. The summed E-state index contributed by atoms with van der Waals surface area (Å²) >= 11 is 0. The fourth-order valence-corrected chi connectivity index (χ4v) is 4.59. The second-order valence-electron chi connectivity index (χ2n) is 8.01. The van der Waals surface area contributed by atoms with Gasteiger partial charge in [-0.2, -0.15) is 0 Å². The average Bonchev–Trinajstić information content (AvgIpc) is 3.30. The Bertz CT molecular complexity index is 788. The molecule has 7 heteroatoms. The van der Waals surface area contributed by atoms with Crippen LogP contribution in [-0.4, -0.2) is 59.2 Å². The summed E-state index contributed by atoms with van der Waals surface area (Å²) in [6.45, 7) is 6.68. The lowest BCUT2D eigenvalue weighted by Crippen LogP contribution is -2.52. The molecule has 2 atom stereocenters. The highest BCUT2D eigenvalue weighted by molar-refractivity contribution is 6.05. The number of hydrogen-bond donors (Lipinski definition) is 2. The van der Waals surface area contributed by atoms with Crippen LogP contribution in [0, 0.1) is 0 Å². The summed E-state index contributed by atoms with van der Waals surface area (Å²) in [5, 5.41) is 5.79. The minimum atomic E-state index is -0.554. The van der Waals surface area contributed by atoms with E-state index in [1.807, 2.05) is 12.1 Å². The largest absolute Gasteiger partial charge is 0.322 e. The first kappa shape index (κ1) is 19.1. The van der Waals surface area contributed by atoms with Gasteiger partial charge in [-0.3, -0.25) is 24.6 Å². The molecule has 4 rings (SSSR count). The third-order valence-electron chi connectivity index (χ3n) is 6.04. The van der Waals surface area contributed by atoms with Crippen molar-refractivity contribution in [3.63, 3.8) is 0 Å². The predicted octanol–water partition coefficient (Wildman–Crippen LogP) is 1.02. The molecule has 0 aromatic heterocycles. The van der Waals surface area contributed by atoms with Crippen LogP contribution in [0.1, 0.15) is 54.1 Å². The van der Waals surface area contributed by atoms with Gasteiger partial charge in [-0.1, -0.05) is 19.1 Å². The number of imide groups is 1. The van der Waals surface area contributed by atoms with E-state index in [1.54, 1.807) is 4.90 Å². The van der Waals surface area contributed by atoms with Gasteiger partial charge in [0.05, 0.1) is 0 Å². The van der Waals surface area contributed by atoms with Crippen LogP contribution in [0.3, 0.4) is 0 Å². The SMILES string of the molecule is CCCN(Cc1ccc2c(c1)CN(C1CCC(=O)NC1=O)C2=O)C1CCNC1. The zero-order valence-corrected chi connectivity index (χ0v) is 16.4. The Kier molecular flexibility index (Phi) is 5.46. The molecule has 1 aromatic carbocycles. The Balaban J connectivity index is 1.48. The highest BCUT2D eigenvalue weighted by Crippen LogP contribution is 2.28. The molecule has 0 aliphatic carbocycles. The molecule has 150 valence electrons. The number of fused-ring (bicyclic) bond motifs is 1. The molecule has 1 aromatic rings. The number of piperidine rings is 1. The molecule has 2 fully saturated rings. The molecule has 28 heavy (non-hydrogen) atoms. The minimum absolute atomic E-state index is 0.110. The molecule has 2 unspecified atom stereocenters. The number of hydrogen-bond acceptors (Lipinski definition) is 5. The second-order valence-corrected chi connectivity index (χ2v) is 8.01. The number of carbonyl (C=O) groups is 3. The number of rotatable bonds is 6. The molecule has 0 radical (unpaired) electrons. The Labute approximate surface area is 165 Å². The van der Waals surface area contributed by atoms with Crippen LogP contribution in [0.2, 0.25) is 0 Å². The van der Waals surface area contributed by atoms with Crippen LogP contribution < -0.4 is 10.6 Å². The van der Waals surface area contributed by atoms with Crippen LogP contribution in [0.15, 0.2) is 18.2 Å². The Morgan fingerprint density at radius 1 is 1.21 bits per heavy atom. The highest BCUT2D eigenvalue weighted by atomic mass is 16.2. The maximum absolute atomic E-state index is 12.8. The molecule has 2 saturated heterocycles. The van der Waals surface area contributed by atoms with Gasteiger partial charge in [0.15, 0.2) is 0 Å². The Hall–Kier alpha value is -2.25. The van der Waals surface area contributed by atoms with Crippen molar-refractivity contribution in [1.82, 2.24) is 20.4 Å². The number of benzene rings is 1. The molecule has 7 nitrogen and oxygen atoms in total. The van der Waals surface area contributed by atoms with Gasteiger partial charge in [0, 0.05) is 37.7 Å². The average molecular weight is 384 g/mol. The van der Waals surface area contributed by atoms with Gasteiger partial charge in [0.1, 0.15) is 6.04 Å². The normalized spacial score (nSPS) is 24.8. The molecule has 0 bridgehead atoms. The maximum atomic E-state index is 12.8. The number of nitrogens with zero attached hydrogens (tertiary/aromatic N) is 2. The van der Waals surface area contributed by atoms with Crippen LogP contribution in [0.4, 0.5) is 0 Å². The van der Waals surface area contributed by atoms with Gasteiger partial charge in [0.2, 0.25) is 11.8 Å². The van der Waals surface area contributed by atoms with E-state index in [1.165, 1.54) is 12.0 Å². The van der Waals surface area contributed by atoms with Crippen molar-refractivity contribution in [2.45, 2.75) is 57.8 Å². The summed E-state index contributed by atoms with van der Waals surface area (Å²) in [4.78, 5) is 40.5. The minimum Gasteiger partial charge on any atom is -0.322 e. The fourth-order valence-electron chi connectivity index (χ4n) is 4.59. The fraction of sp³-hybridized carbons (Fsp3) is 0.571. The second kappa shape index (κ2) is 8.01. The topological polar surface area (TPSA) is 81.8 Å². The molecule has 2 N–H and O–H groups in total. The van der Waals surface area contributed by atoms with Crippen molar-refractivity contribution in [3.8, 4) is 0 Å². The molecule has 3 heterocycles. The summed E-state index contributed by atoms with van der Waals surface area (Å²) in [6, 6.07) is 6.06. The molecule has 3 aliphatic heterocycles. The van der Waals surface area contributed by atoms with E-state index in [4.69, 9.17) is 0 Å². The molecule has 0 saturated carbocycles. The first-order valence-corrected chi connectivity index (χ1v) is 10.3. The summed E-state index contributed by atoms with van der Waals surface area (Å²) in [5.41, 5.74) is 2.86. The highest BCUT2D eigenvalue weighted by Gasteiger charge is 2.39. The van der Waals surface area contributed by atoms with Crippen molar-refractivity contribution >= 4 is 17.7 Å². The third-order valence-corrected chi connectivity index (χ3v) is 6.04. The van der Waals surface area contributed by atoms with Crippen molar-refractivity contribution in [1.29, 1.82) is 0 Å². The number of amides is 3. The third kappa shape index (κ3) is 3.69. The summed E-state index contributed by atoms with van der Waals surface area (Å²) < 4.78 is 0. The molecule has 0 spiro atoms. The lowest BCUT2D eigenvalue weighted by molar-refractivity contribution is -0.136. The molecular weight excluding hydrogens is 356 g/mol. The van der Waals surface area contributed by atoms with E-state index in [9.17, 15) is 14.4 Å². The predicted molar refractivity (Wildman–Crippen MR) is 104 cm³/mol. The summed E-state index contributed by atoms with van der Waals surface area (Å²) in [6.07, 6.45) is 2.97. The van der Waals surface area contributed by atoms with Crippen LogP contribution in [0.5, 0.6) is 0 Å². The van der Waals surface area contributed by atoms with Gasteiger partial charge in [-0.05, 0) is 49.5 Å². The first-order valence-electron chi connectivity index (χ1n) is 10.3. The molecule has 3 amide bonds. The van der Waals surface area contributed by atoms with E-state index in [-0.39, 0.29) is 24.1 Å². The molecule has 3 aliphatic rings.